The number of benzene rings is 3. The Morgan fingerprint density at radius 3 is 2.36 bits per heavy atom. The van der Waals surface area contributed by atoms with Crippen LogP contribution >= 0.6 is 11.3 Å². The van der Waals surface area contributed by atoms with Crippen molar-refractivity contribution < 1.29 is 14.3 Å². The first-order valence-electron chi connectivity index (χ1n) is 10.9. The van der Waals surface area contributed by atoms with E-state index in [1.165, 1.54) is 16.9 Å². The number of carbonyl (C=O) groups is 2. The molecule has 0 atom stereocenters. The number of hydrogen-bond donors (Lipinski definition) is 0. The van der Waals surface area contributed by atoms with Gasteiger partial charge in [0.1, 0.15) is 6.54 Å². The van der Waals surface area contributed by atoms with E-state index in [1.807, 2.05) is 62.4 Å². The van der Waals surface area contributed by atoms with Crippen LogP contribution in [0.5, 0.6) is 0 Å². The number of esters is 1. The molecule has 0 aliphatic heterocycles. The van der Waals surface area contributed by atoms with Crippen LogP contribution < -0.4 is 4.80 Å². The van der Waals surface area contributed by atoms with Gasteiger partial charge in [0.2, 0.25) is 0 Å². The number of amides is 1. The maximum Gasteiger partial charge on any atom is 0.326 e. The number of aromatic nitrogens is 1. The SMILES string of the molecule is CCOC(=O)Cn1c(=NC(=O)c2ccc(Cc3ccccc3)cc2)sc2c(C)cc(C)cc21. The standard InChI is InChI=1S/C27H26N2O3S/c1-4-32-24(30)17-29-23-15-18(2)14-19(3)25(23)33-27(29)28-26(31)22-12-10-21(11-13-22)16-20-8-6-5-7-9-20/h5-15H,4,16-17H2,1-3H3. The van der Waals surface area contributed by atoms with Crippen molar-refractivity contribution in [1.29, 1.82) is 0 Å². The molecule has 4 rings (SSSR count). The average Bonchev–Trinajstić information content (AvgIpc) is 3.12. The Morgan fingerprint density at radius 1 is 0.970 bits per heavy atom. The van der Waals surface area contributed by atoms with E-state index in [0.29, 0.717) is 17.0 Å². The van der Waals surface area contributed by atoms with Gasteiger partial charge in [0.15, 0.2) is 4.80 Å². The topological polar surface area (TPSA) is 60.7 Å². The lowest BCUT2D eigenvalue weighted by Crippen LogP contribution is -2.23. The Bertz CT molecular complexity index is 1370. The number of aryl methyl sites for hydroxylation is 2. The van der Waals surface area contributed by atoms with Gasteiger partial charge < -0.3 is 9.30 Å². The van der Waals surface area contributed by atoms with Crippen LogP contribution in [0.15, 0.2) is 71.7 Å². The second-order valence-corrected chi connectivity index (χ2v) is 8.96. The molecule has 0 radical (unpaired) electrons. The predicted molar refractivity (Wildman–Crippen MR) is 132 cm³/mol. The molecular weight excluding hydrogens is 432 g/mol. The Hall–Kier alpha value is -3.51. The van der Waals surface area contributed by atoms with E-state index < -0.39 is 0 Å². The van der Waals surface area contributed by atoms with Crippen LogP contribution in [0.4, 0.5) is 0 Å². The minimum absolute atomic E-state index is 0.0128. The van der Waals surface area contributed by atoms with E-state index in [2.05, 4.69) is 23.2 Å². The molecule has 0 aliphatic rings. The van der Waals surface area contributed by atoms with Crippen LogP contribution in [0.25, 0.3) is 10.2 Å². The molecule has 0 bridgehead atoms. The summed E-state index contributed by atoms with van der Waals surface area (Å²) in [7, 11) is 0. The maximum atomic E-state index is 13.0. The summed E-state index contributed by atoms with van der Waals surface area (Å²) in [5, 5.41) is 0. The van der Waals surface area contributed by atoms with Crippen molar-refractivity contribution in [2.24, 2.45) is 4.99 Å². The number of rotatable bonds is 6. The van der Waals surface area contributed by atoms with Gasteiger partial charge in [-0.15, -0.1) is 0 Å². The van der Waals surface area contributed by atoms with Crippen molar-refractivity contribution >= 4 is 33.4 Å². The molecular formula is C27H26N2O3S. The summed E-state index contributed by atoms with van der Waals surface area (Å²) < 4.78 is 7.94. The number of carbonyl (C=O) groups excluding carboxylic acids is 2. The fourth-order valence-electron chi connectivity index (χ4n) is 3.83. The molecule has 5 nitrogen and oxygen atoms in total. The highest BCUT2D eigenvalue weighted by Gasteiger charge is 2.15. The maximum absolute atomic E-state index is 13.0. The normalized spacial score (nSPS) is 11.7. The fourth-order valence-corrected chi connectivity index (χ4v) is 4.91. The third-order valence-corrected chi connectivity index (χ3v) is 6.59. The first-order chi connectivity index (χ1) is 15.9. The van der Waals surface area contributed by atoms with Crippen molar-refractivity contribution in [3.63, 3.8) is 0 Å². The summed E-state index contributed by atoms with van der Waals surface area (Å²) in [5.74, 6) is -0.685. The summed E-state index contributed by atoms with van der Waals surface area (Å²) in [6, 6.07) is 21.8. The van der Waals surface area contributed by atoms with Crippen LogP contribution in [0, 0.1) is 13.8 Å². The predicted octanol–water partition coefficient (Wildman–Crippen LogP) is 5.21. The van der Waals surface area contributed by atoms with E-state index in [0.717, 1.165) is 33.3 Å². The number of thiazole rings is 1. The number of ether oxygens (including phenoxy) is 1. The first kappa shape index (κ1) is 22.7. The average molecular weight is 459 g/mol. The summed E-state index contributed by atoms with van der Waals surface area (Å²) in [6.07, 6.45) is 0.806. The minimum atomic E-state index is -0.351. The fraction of sp³-hybridized carbons (Fsp3) is 0.222. The van der Waals surface area contributed by atoms with Crippen LogP contribution in [0.3, 0.4) is 0 Å². The van der Waals surface area contributed by atoms with Gasteiger partial charge >= 0.3 is 5.97 Å². The molecule has 0 aliphatic carbocycles. The minimum Gasteiger partial charge on any atom is -0.465 e. The lowest BCUT2D eigenvalue weighted by atomic mass is 10.0. The number of nitrogens with zero attached hydrogens (tertiary/aromatic N) is 2. The van der Waals surface area contributed by atoms with Crippen LogP contribution in [-0.2, 0) is 22.5 Å². The van der Waals surface area contributed by atoms with Gasteiger partial charge in [-0.1, -0.05) is 59.9 Å². The monoisotopic (exact) mass is 458 g/mol. The van der Waals surface area contributed by atoms with Crippen LogP contribution in [0.2, 0.25) is 0 Å². The third-order valence-electron chi connectivity index (χ3n) is 5.36. The second-order valence-electron chi connectivity index (χ2n) is 7.98. The van der Waals surface area contributed by atoms with Crippen LogP contribution in [0.1, 0.15) is 39.5 Å². The smallest absolute Gasteiger partial charge is 0.326 e. The zero-order valence-electron chi connectivity index (χ0n) is 19.0. The zero-order chi connectivity index (χ0) is 23.4. The molecule has 0 spiro atoms. The molecule has 1 heterocycles. The summed E-state index contributed by atoms with van der Waals surface area (Å²) in [6.45, 7) is 6.13. The largest absolute Gasteiger partial charge is 0.465 e. The zero-order valence-corrected chi connectivity index (χ0v) is 19.8. The van der Waals surface area contributed by atoms with Gasteiger partial charge in [-0.2, -0.15) is 4.99 Å². The van der Waals surface area contributed by atoms with Gasteiger partial charge in [0.05, 0.1) is 16.8 Å². The van der Waals surface area contributed by atoms with Gasteiger partial charge in [-0.3, -0.25) is 9.59 Å². The molecule has 1 amide bonds. The van der Waals surface area contributed by atoms with Crippen molar-refractivity contribution in [2.45, 2.75) is 33.7 Å². The Balaban J connectivity index is 1.68. The van der Waals surface area contributed by atoms with Crippen molar-refractivity contribution in [2.75, 3.05) is 6.61 Å². The van der Waals surface area contributed by atoms with Crippen LogP contribution in [-0.4, -0.2) is 23.1 Å². The molecule has 0 saturated heterocycles. The summed E-state index contributed by atoms with van der Waals surface area (Å²) in [4.78, 5) is 30.1. The van der Waals surface area contributed by atoms with Crippen molar-refractivity contribution in [3.8, 4) is 0 Å². The summed E-state index contributed by atoms with van der Waals surface area (Å²) in [5.41, 5.74) is 5.92. The van der Waals surface area contributed by atoms with E-state index in [9.17, 15) is 9.59 Å². The van der Waals surface area contributed by atoms with E-state index in [-0.39, 0.29) is 18.4 Å². The van der Waals surface area contributed by atoms with Gasteiger partial charge in [0.25, 0.3) is 5.91 Å². The molecule has 0 unspecified atom stereocenters. The molecule has 0 saturated carbocycles. The lowest BCUT2D eigenvalue weighted by molar-refractivity contribution is -0.143. The van der Waals surface area contributed by atoms with Crippen molar-refractivity contribution in [3.05, 3.63) is 99.3 Å². The lowest BCUT2D eigenvalue weighted by Gasteiger charge is -2.06. The second kappa shape index (κ2) is 9.96. The molecule has 0 fully saturated rings. The van der Waals surface area contributed by atoms with E-state index in [4.69, 9.17) is 4.74 Å². The highest BCUT2D eigenvalue weighted by molar-refractivity contribution is 7.16. The highest BCUT2D eigenvalue weighted by Crippen LogP contribution is 2.23. The molecule has 1 aromatic heterocycles. The quantitative estimate of drug-likeness (QED) is 0.373. The molecule has 33 heavy (non-hydrogen) atoms. The number of hydrogen-bond acceptors (Lipinski definition) is 4. The molecule has 6 heteroatoms. The Morgan fingerprint density at radius 2 is 1.67 bits per heavy atom. The third kappa shape index (κ3) is 5.29. The molecule has 4 aromatic rings. The Kier molecular flexibility index (Phi) is 6.84. The van der Waals surface area contributed by atoms with Gasteiger partial charge in [0, 0.05) is 5.56 Å². The molecule has 168 valence electrons. The van der Waals surface area contributed by atoms with E-state index in [1.54, 1.807) is 11.5 Å². The van der Waals surface area contributed by atoms with E-state index >= 15 is 0 Å². The van der Waals surface area contributed by atoms with Gasteiger partial charge in [-0.05, 0) is 67.6 Å². The molecule has 3 aromatic carbocycles. The van der Waals surface area contributed by atoms with Crippen molar-refractivity contribution in [1.82, 2.24) is 4.57 Å². The molecule has 0 N–H and O–H groups in total. The number of fused-ring (bicyclic) bond motifs is 1. The summed E-state index contributed by atoms with van der Waals surface area (Å²) >= 11 is 1.41. The first-order valence-corrected chi connectivity index (χ1v) is 11.7. The van der Waals surface area contributed by atoms with Gasteiger partial charge in [-0.25, -0.2) is 0 Å². The highest BCUT2D eigenvalue weighted by atomic mass is 32.1. The Labute approximate surface area is 197 Å².